The first-order chi connectivity index (χ1) is 16.8. The zero-order valence-corrected chi connectivity index (χ0v) is 19.4. The summed E-state index contributed by atoms with van der Waals surface area (Å²) in [5.41, 5.74) is 16.5. The van der Waals surface area contributed by atoms with E-state index in [1.165, 1.54) is 24.5 Å². The Bertz CT molecular complexity index is 1340. The zero-order valence-electron chi connectivity index (χ0n) is 19.4. The van der Waals surface area contributed by atoms with Gasteiger partial charge in [-0.25, -0.2) is 14.4 Å². The number of aryl methyl sites for hydroxylation is 1. The van der Waals surface area contributed by atoms with Crippen LogP contribution in [-0.4, -0.2) is 20.9 Å². The van der Waals surface area contributed by atoms with Gasteiger partial charge in [-0.15, -0.1) is 0 Å². The van der Waals surface area contributed by atoms with Gasteiger partial charge in [0.2, 0.25) is 0 Å². The van der Waals surface area contributed by atoms with E-state index >= 15 is 0 Å². The Hall–Kier alpha value is -4.53. The molecule has 2 aromatic carbocycles. The van der Waals surface area contributed by atoms with E-state index in [-0.39, 0.29) is 17.8 Å². The van der Waals surface area contributed by atoms with E-state index in [0.717, 1.165) is 28.1 Å². The first kappa shape index (κ1) is 23.6. The van der Waals surface area contributed by atoms with Gasteiger partial charge in [0.05, 0.1) is 41.1 Å². The van der Waals surface area contributed by atoms with Crippen LogP contribution in [0.5, 0.6) is 0 Å². The molecule has 0 spiro atoms. The molecule has 0 aliphatic heterocycles. The summed E-state index contributed by atoms with van der Waals surface area (Å²) >= 11 is 0. The molecule has 4 aromatic rings. The Morgan fingerprint density at radius 1 is 1.03 bits per heavy atom. The molecule has 178 valence electrons. The topological polar surface area (TPSA) is 132 Å². The standard InChI is InChI=1S/C26H26FN7O/c1-15(18-7-9-20(27)10-8-18)34-26(35)22-11-21(28)13-32-25(22)31-12-17-3-5-19(6-4-17)24-16(2)33-23(29)14-30-24/h3-11,13-15H,12,28H2,1-2H3,(H2,29,33)(H,31,32)(H,34,35)/t15-/m0/s1. The Balaban J connectivity index is 1.46. The molecule has 0 radical (unpaired) electrons. The third-order valence-electron chi connectivity index (χ3n) is 5.52. The van der Waals surface area contributed by atoms with Gasteiger partial charge in [-0.3, -0.25) is 9.78 Å². The molecule has 0 saturated heterocycles. The predicted molar refractivity (Wildman–Crippen MR) is 135 cm³/mol. The van der Waals surface area contributed by atoms with Crippen LogP contribution in [0.1, 0.15) is 40.1 Å². The van der Waals surface area contributed by atoms with Gasteiger partial charge >= 0.3 is 0 Å². The molecule has 35 heavy (non-hydrogen) atoms. The number of rotatable bonds is 7. The van der Waals surface area contributed by atoms with Crippen molar-refractivity contribution in [2.75, 3.05) is 16.8 Å². The summed E-state index contributed by atoms with van der Waals surface area (Å²) in [5.74, 6) is 0.127. The lowest BCUT2D eigenvalue weighted by Crippen LogP contribution is -2.28. The lowest BCUT2D eigenvalue weighted by Gasteiger charge is -2.17. The van der Waals surface area contributed by atoms with Crippen LogP contribution < -0.4 is 22.1 Å². The average molecular weight is 472 g/mol. The van der Waals surface area contributed by atoms with E-state index in [0.29, 0.717) is 29.4 Å². The second kappa shape index (κ2) is 10.2. The van der Waals surface area contributed by atoms with E-state index in [2.05, 4.69) is 25.6 Å². The van der Waals surface area contributed by atoms with Crippen molar-refractivity contribution in [1.82, 2.24) is 20.3 Å². The Morgan fingerprint density at radius 2 is 1.74 bits per heavy atom. The number of pyridine rings is 1. The molecule has 0 saturated carbocycles. The van der Waals surface area contributed by atoms with Gasteiger partial charge in [0.1, 0.15) is 17.5 Å². The summed E-state index contributed by atoms with van der Waals surface area (Å²) in [6.07, 6.45) is 3.03. The van der Waals surface area contributed by atoms with Crippen molar-refractivity contribution in [2.24, 2.45) is 0 Å². The maximum atomic E-state index is 13.2. The number of carbonyl (C=O) groups is 1. The summed E-state index contributed by atoms with van der Waals surface area (Å²) < 4.78 is 13.2. The number of nitrogens with two attached hydrogens (primary N) is 2. The van der Waals surface area contributed by atoms with Gasteiger partial charge in [0.15, 0.2) is 0 Å². The van der Waals surface area contributed by atoms with Crippen molar-refractivity contribution in [3.05, 3.63) is 95.2 Å². The first-order valence-corrected chi connectivity index (χ1v) is 11.0. The molecule has 4 rings (SSSR count). The lowest BCUT2D eigenvalue weighted by atomic mass is 10.1. The average Bonchev–Trinajstić information content (AvgIpc) is 2.84. The minimum atomic E-state index is -0.336. The van der Waals surface area contributed by atoms with Gasteiger partial charge < -0.3 is 22.1 Å². The highest BCUT2D eigenvalue weighted by Crippen LogP contribution is 2.22. The number of nitrogen functional groups attached to an aromatic ring is 2. The molecular weight excluding hydrogens is 445 g/mol. The maximum absolute atomic E-state index is 13.2. The van der Waals surface area contributed by atoms with Gasteiger partial charge in [-0.2, -0.15) is 0 Å². The van der Waals surface area contributed by atoms with Crippen molar-refractivity contribution in [1.29, 1.82) is 0 Å². The van der Waals surface area contributed by atoms with Gasteiger partial charge in [-0.1, -0.05) is 36.4 Å². The SMILES string of the molecule is Cc1nc(N)cnc1-c1ccc(CNc2ncc(N)cc2C(=O)N[C@@H](C)c2ccc(F)cc2)cc1. The minimum Gasteiger partial charge on any atom is -0.397 e. The second-order valence-electron chi connectivity index (χ2n) is 8.19. The Kier molecular flexibility index (Phi) is 6.86. The molecule has 8 nitrogen and oxygen atoms in total. The van der Waals surface area contributed by atoms with Crippen LogP contribution >= 0.6 is 0 Å². The first-order valence-electron chi connectivity index (χ1n) is 11.0. The summed E-state index contributed by atoms with van der Waals surface area (Å²) in [5, 5.41) is 6.13. The summed E-state index contributed by atoms with van der Waals surface area (Å²) in [4.78, 5) is 25.9. The molecule has 0 aliphatic carbocycles. The smallest absolute Gasteiger partial charge is 0.255 e. The molecule has 9 heteroatoms. The van der Waals surface area contributed by atoms with E-state index in [1.54, 1.807) is 18.2 Å². The molecule has 0 bridgehead atoms. The van der Waals surface area contributed by atoms with Crippen molar-refractivity contribution in [2.45, 2.75) is 26.4 Å². The second-order valence-corrected chi connectivity index (χ2v) is 8.19. The van der Waals surface area contributed by atoms with Crippen LogP contribution in [0, 0.1) is 12.7 Å². The van der Waals surface area contributed by atoms with Crippen LogP contribution in [0.4, 0.5) is 21.7 Å². The number of amides is 1. The van der Waals surface area contributed by atoms with Gasteiger partial charge in [-0.05, 0) is 43.2 Å². The number of nitrogens with zero attached hydrogens (tertiary/aromatic N) is 3. The number of aromatic nitrogens is 3. The summed E-state index contributed by atoms with van der Waals surface area (Å²) in [6, 6.07) is 15.1. The number of carbonyl (C=O) groups excluding carboxylic acids is 1. The molecule has 2 heterocycles. The monoisotopic (exact) mass is 471 g/mol. The third-order valence-corrected chi connectivity index (χ3v) is 5.52. The van der Waals surface area contributed by atoms with Crippen LogP contribution in [0.15, 0.2) is 67.0 Å². The number of nitrogens with one attached hydrogen (secondary N) is 2. The molecule has 1 amide bonds. The minimum absolute atomic E-state index is 0.323. The number of anilines is 3. The van der Waals surface area contributed by atoms with Crippen LogP contribution in [-0.2, 0) is 6.54 Å². The molecule has 0 aliphatic rings. The predicted octanol–water partition coefficient (Wildman–Crippen LogP) is 4.25. The molecule has 0 fully saturated rings. The van der Waals surface area contributed by atoms with Gasteiger partial charge in [0.25, 0.3) is 5.91 Å². The highest BCUT2D eigenvalue weighted by Gasteiger charge is 2.17. The normalized spacial score (nSPS) is 11.6. The highest BCUT2D eigenvalue weighted by atomic mass is 19.1. The van der Waals surface area contributed by atoms with Crippen molar-refractivity contribution in [3.63, 3.8) is 0 Å². The van der Waals surface area contributed by atoms with Crippen LogP contribution in [0.3, 0.4) is 0 Å². The fourth-order valence-corrected chi connectivity index (χ4v) is 3.65. The quantitative estimate of drug-likeness (QED) is 0.317. The van der Waals surface area contributed by atoms with Crippen molar-refractivity contribution < 1.29 is 9.18 Å². The fourth-order valence-electron chi connectivity index (χ4n) is 3.65. The molecule has 0 unspecified atom stereocenters. The molecule has 6 N–H and O–H groups in total. The molecule has 1 atom stereocenters. The van der Waals surface area contributed by atoms with E-state index in [1.807, 2.05) is 38.1 Å². The highest BCUT2D eigenvalue weighted by molar-refractivity contribution is 5.99. The third kappa shape index (κ3) is 5.70. The van der Waals surface area contributed by atoms with E-state index in [9.17, 15) is 9.18 Å². The summed E-state index contributed by atoms with van der Waals surface area (Å²) in [7, 11) is 0. The Labute approximate surface area is 202 Å². The van der Waals surface area contributed by atoms with E-state index in [4.69, 9.17) is 11.5 Å². The molecule has 2 aromatic heterocycles. The van der Waals surface area contributed by atoms with Gasteiger partial charge in [0, 0.05) is 12.1 Å². The van der Waals surface area contributed by atoms with Crippen molar-refractivity contribution in [3.8, 4) is 11.3 Å². The maximum Gasteiger partial charge on any atom is 0.255 e. The van der Waals surface area contributed by atoms with Crippen molar-refractivity contribution >= 4 is 23.2 Å². The largest absolute Gasteiger partial charge is 0.397 e. The van der Waals surface area contributed by atoms with Crippen LogP contribution in [0.25, 0.3) is 11.3 Å². The zero-order chi connectivity index (χ0) is 24.9. The number of halogens is 1. The fraction of sp³-hybridized carbons (Fsp3) is 0.154. The number of hydrogen-bond acceptors (Lipinski definition) is 7. The summed E-state index contributed by atoms with van der Waals surface area (Å²) in [6.45, 7) is 4.13. The number of hydrogen-bond donors (Lipinski definition) is 4. The molecular formula is C26H26FN7O. The van der Waals surface area contributed by atoms with Crippen LogP contribution in [0.2, 0.25) is 0 Å². The number of benzene rings is 2. The van der Waals surface area contributed by atoms with E-state index < -0.39 is 0 Å². The lowest BCUT2D eigenvalue weighted by molar-refractivity contribution is 0.0940. The Morgan fingerprint density at radius 3 is 2.43 bits per heavy atom.